The van der Waals surface area contributed by atoms with Gasteiger partial charge in [-0.15, -0.1) is 0 Å². The molecule has 1 aliphatic rings. The Bertz CT molecular complexity index is 422. The van der Waals surface area contributed by atoms with E-state index < -0.39 is 23.4 Å². The number of ether oxygens (including phenoxy) is 2. The van der Waals surface area contributed by atoms with Crippen molar-refractivity contribution in [3.8, 4) is 0 Å². The van der Waals surface area contributed by atoms with E-state index in [0.717, 1.165) is 0 Å². The molecule has 0 saturated carbocycles. The summed E-state index contributed by atoms with van der Waals surface area (Å²) in [7, 11) is 0. The summed E-state index contributed by atoms with van der Waals surface area (Å²) in [6.45, 7) is 9.42. The van der Waals surface area contributed by atoms with Gasteiger partial charge in [-0.3, -0.25) is 9.69 Å². The molecule has 0 bridgehead atoms. The lowest BCUT2D eigenvalue weighted by Crippen LogP contribution is -2.49. The number of aliphatic carboxylic acids is 1. The zero-order valence-electron chi connectivity index (χ0n) is 13.4. The van der Waals surface area contributed by atoms with Gasteiger partial charge in [-0.05, 0) is 41.0 Å². The monoisotopic (exact) mass is 299 g/mol. The van der Waals surface area contributed by atoms with Crippen molar-refractivity contribution in [2.75, 3.05) is 6.61 Å². The van der Waals surface area contributed by atoms with Gasteiger partial charge < -0.3 is 14.6 Å². The predicted octanol–water partition coefficient (Wildman–Crippen LogP) is 2.78. The van der Waals surface area contributed by atoms with Gasteiger partial charge in [-0.1, -0.05) is 12.2 Å². The van der Waals surface area contributed by atoms with Crippen LogP contribution < -0.4 is 0 Å². The fraction of sp³-hybridized carbons (Fsp3) is 0.733. The van der Waals surface area contributed by atoms with Crippen molar-refractivity contribution in [2.24, 2.45) is 0 Å². The Morgan fingerprint density at radius 1 is 1.43 bits per heavy atom. The summed E-state index contributed by atoms with van der Waals surface area (Å²) in [5.41, 5.74) is -1.32. The molecule has 1 atom stereocenters. The van der Waals surface area contributed by atoms with E-state index in [1.807, 2.05) is 40.7 Å². The molecular formula is C15H25NO5. The number of hydrogen-bond donors (Lipinski definition) is 1. The molecule has 21 heavy (non-hydrogen) atoms. The Balaban J connectivity index is 2.75. The van der Waals surface area contributed by atoms with Crippen LogP contribution in [0.1, 0.15) is 47.5 Å². The van der Waals surface area contributed by atoms with Crippen LogP contribution in [-0.4, -0.2) is 46.0 Å². The van der Waals surface area contributed by atoms with Crippen LogP contribution in [0.4, 0.5) is 4.79 Å². The second-order valence-electron chi connectivity index (χ2n) is 6.54. The minimum absolute atomic E-state index is 0.0694. The molecule has 0 aromatic heterocycles. The van der Waals surface area contributed by atoms with E-state index in [4.69, 9.17) is 14.6 Å². The summed E-state index contributed by atoms with van der Waals surface area (Å²) < 4.78 is 11.0. The van der Waals surface area contributed by atoms with Crippen molar-refractivity contribution < 1.29 is 24.2 Å². The molecule has 1 amide bonds. The Hall–Kier alpha value is -1.56. The SMILES string of the molecule is CC(C)(C)OC(=O)N1[C@@H](/C=C/CCC(=O)O)COC1(C)C. The first kappa shape index (κ1) is 17.5. The van der Waals surface area contributed by atoms with Crippen molar-refractivity contribution >= 4 is 12.1 Å². The number of allylic oxidation sites excluding steroid dienone is 1. The van der Waals surface area contributed by atoms with Crippen LogP contribution in [0.2, 0.25) is 0 Å². The first-order valence-corrected chi connectivity index (χ1v) is 7.08. The largest absolute Gasteiger partial charge is 0.481 e. The zero-order chi connectivity index (χ0) is 16.3. The molecule has 0 aliphatic carbocycles. The lowest BCUT2D eigenvalue weighted by Gasteiger charge is -2.34. The highest BCUT2D eigenvalue weighted by atomic mass is 16.6. The van der Waals surface area contributed by atoms with E-state index in [1.54, 1.807) is 11.0 Å². The summed E-state index contributed by atoms with van der Waals surface area (Å²) in [5, 5.41) is 8.61. The number of rotatable bonds is 4. The topological polar surface area (TPSA) is 76.1 Å². The van der Waals surface area contributed by atoms with E-state index in [9.17, 15) is 9.59 Å². The van der Waals surface area contributed by atoms with Gasteiger partial charge >= 0.3 is 12.1 Å². The molecule has 0 aromatic carbocycles. The molecule has 1 aliphatic heterocycles. The van der Waals surface area contributed by atoms with Gasteiger partial charge in [0, 0.05) is 6.42 Å². The van der Waals surface area contributed by atoms with Gasteiger partial charge in [-0.25, -0.2) is 4.79 Å². The van der Waals surface area contributed by atoms with E-state index in [1.165, 1.54) is 0 Å². The van der Waals surface area contributed by atoms with Gasteiger partial charge in [0.05, 0.1) is 12.6 Å². The van der Waals surface area contributed by atoms with Crippen LogP contribution in [0.15, 0.2) is 12.2 Å². The molecule has 0 aromatic rings. The summed E-state index contributed by atoms with van der Waals surface area (Å²) in [5.74, 6) is -0.841. The lowest BCUT2D eigenvalue weighted by molar-refractivity contribution is -0.136. The van der Waals surface area contributed by atoms with Crippen LogP contribution in [0.5, 0.6) is 0 Å². The van der Waals surface area contributed by atoms with Gasteiger partial charge in [0.2, 0.25) is 0 Å². The molecule has 0 radical (unpaired) electrons. The van der Waals surface area contributed by atoms with Crippen molar-refractivity contribution in [3.63, 3.8) is 0 Å². The summed E-state index contributed by atoms with van der Waals surface area (Å²) in [6.07, 6.45) is 3.63. The van der Waals surface area contributed by atoms with Crippen molar-refractivity contribution in [1.29, 1.82) is 0 Å². The lowest BCUT2D eigenvalue weighted by atomic mass is 10.1. The van der Waals surface area contributed by atoms with E-state index in [2.05, 4.69) is 0 Å². The third-order valence-corrected chi connectivity index (χ3v) is 2.99. The first-order valence-electron chi connectivity index (χ1n) is 7.08. The fourth-order valence-corrected chi connectivity index (χ4v) is 2.10. The van der Waals surface area contributed by atoms with Crippen LogP contribution in [0.25, 0.3) is 0 Å². The van der Waals surface area contributed by atoms with Crippen LogP contribution in [-0.2, 0) is 14.3 Å². The van der Waals surface area contributed by atoms with Gasteiger partial charge in [0.1, 0.15) is 11.3 Å². The van der Waals surface area contributed by atoms with Gasteiger partial charge in [-0.2, -0.15) is 0 Å². The Morgan fingerprint density at radius 3 is 2.57 bits per heavy atom. The highest BCUT2D eigenvalue weighted by Gasteiger charge is 2.44. The van der Waals surface area contributed by atoms with Crippen molar-refractivity contribution in [1.82, 2.24) is 4.90 Å². The number of carboxylic acids is 1. The molecule has 1 saturated heterocycles. The first-order chi connectivity index (χ1) is 9.53. The number of carboxylic acid groups (broad SMARTS) is 1. The second kappa shape index (κ2) is 6.47. The maximum absolute atomic E-state index is 12.3. The fourth-order valence-electron chi connectivity index (χ4n) is 2.10. The molecule has 1 fully saturated rings. The molecule has 0 spiro atoms. The molecule has 1 rings (SSSR count). The maximum atomic E-state index is 12.3. The van der Waals surface area contributed by atoms with Crippen LogP contribution in [0, 0.1) is 0 Å². The smallest absolute Gasteiger partial charge is 0.413 e. The molecule has 1 heterocycles. The summed E-state index contributed by atoms with van der Waals surface area (Å²) >= 11 is 0. The second-order valence-corrected chi connectivity index (χ2v) is 6.54. The average Bonchev–Trinajstić information content (AvgIpc) is 2.57. The van der Waals surface area contributed by atoms with Crippen LogP contribution in [0.3, 0.4) is 0 Å². The highest BCUT2D eigenvalue weighted by molar-refractivity contribution is 5.70. The minimum Gasteiger partial charge on any atom is -0.481 e. The summed E-state index contributed by atoms with van der Waals surface area (Å²) in [4.78, 5) is 24.4. The third-order valence-electron chi connectivity index (χ3n) is 2.99. The number of nitrogens with zero attached hydrogens (tertiary/aromatic N) is 1. The Labute approximate surface area is 125 Å². The molecule has 6 heteroatoms. The predicted molar refractivity (Wildman–Crippen MR) is 77.9 cm³/mol. The Kier molecular flexibility index (Phi) is 5.39. The number of carbonyl (C=O) groups excluding carboxylic acids is 1. The third kappa shape index (κ3) is 5.38. The summed E-state index contributed by atoms with van der Waals surface area (Å²) in [6, 6.07) is -0.247. The van der Waals surface area contributed by atoms with Gasteiger partial charge in [0.25, 0.3) is 0 Å². The van der Waals surface area contributed by atoms with E-state index in [0.29, 0.717) is 13.0 Å². The molecule has 120 valence electrons. The molecular weight excluding hydrogens is 274 g/mol. The number of carbonyl (C=O) groups is 2. The van der Waals surface area contributed by atoms with Gasteiger partial charge in [0.15, 0.2) is 0 Å². The van der Waals surface area contributed by atoms with Crippen molar-refractivity contribution in [2.45, 2.75) is 64.8 Å². The zero-order valence-corrected chi connectivity index (χ0v) is 13.4. The van der Waals surface area contributed by atoms with Crippen molar-refractivity contribution in [3.05, 3.63) is 12.2 Å². The average molecular weight is 299 g/mol. The molecule has 0 unspecified atom stereocenters. The van der Waals surface area contributed by atoms with E-state index in [-0.39, 0.29) is 12.5 Å². The molecule has 6 nitrogen and oxygen atoms in total. The molecule has 1 N–H and O–H groups in total. The Morgan fingerprint density at radius 2 is 2.05 bits per heavy atom. The number of hydrogen-bond acceptors (Lipinski definition) is 4. The maximum Gasteiger partial charge on any atom is 0.413 e. The number of amides is 1. The van der Waals surface area contributed by atoms with Crippen LogP contribution >= 0.6 is 0 Å². The standard InChI is InChI=1S/C15H25NO5/c1-14(2,3)21-13(19)16-11(10-20-15(16,4)5)8-6-7-9-12(17)18/h6,8,11H,7,9-10H2,1-5H3,(H,17,18)/b8-6+/t11-/m0/s1. The normalized spacial score (nSPS) is 21.8. The quantitative estimate of drug-likeness (QED) is 0.808. The minimum atomic E-state index is -0.841. The van der Waals surface area contributed by atoms with E-state index >= 15 is 0 Å². The highest BCUT2D eigenvalue weighted by Crippen LogP contribution is 2.30.